The molecule has 0 spiro atoms. The third-order valence-corrected chi connectivity index (χ3v) is 4.68. The van der Waals surface area contributed by atoms with Gasteiger partial charge in [0.2, 0.25) is 11.8 Å². The molecule has 0 bridgehead atoms. The van der Waals surface area contributed by atoms with Gasteiger partial charge >= 0.3 is 0 Å². The van der Waals surface area contributed by atoms with Gasteiger partial charge in [-0.3, -0.25) is 19.3 Å². The smallest absolute Gasteiger partial charge is 0.230 e. The van der Waals surface area contributed by atoms with Crippen molar-refractivity contribution in [2.24, 2.45) is 11.3 Å². The number of hydrogen-bond acceptors (Lipinski definition) is 4. The number of anilines is 1. The first kappa shape index (κ1) is 19.1. The molecule has 2 aromatic rings. The van der Waals surface area contributed by atoms with E-state index in [1.165, 1.54) is 0 Å². The molecule has 3 heterocycles. The Kier molecular flexibility index (Phi) is 5.58. The highest BCUT2D eigenvalue weighted by Crippen LogP contribution is 2.24. The van der Waals surface area contributed by atoms with Crippen LogP contribution in [0.4, 0.5) is 5.82 Å². The van der Waals surface area contributed by atoms with Crippen LogP contribution in [-0.2, 0) is 16.1 Å². The summed E-state index contributed by atoms with van der Waals surface area (Å²) in [5, 5.41) is 7.30. The van der Waals surface area contributed by atoms with Gasteiger partial charge in [0, 0.05) is 43.2 Å². The first-order chi connectivity index (χ1) is 12.8. The number of nitrogens with one attached hydrogen (secondary N) is 1. The Balaban J connectivity index is 1.58. The Morgan fingerprint density at radius 1 is 1.30 bits per heavy atom. The monoisotopic (exact) mass is 369 g/mol. The molecule has 1 saturated heterocycles. The highest BCUT2D eigenvalue weighted by molar-refractivity contribution is 5.92. The van der Waals surface area contributed by atoms with Crippen molar-refractivity contribution in [3.8, 4) is 0 Å². The molecule has 2 amide bonds. The van der Waals surface area contributed by atoms with E-state index in [0.717, 1.165) is 24.9 Å². The van der Waals surface area contributed by atoms with Crippen molar-refractivity contribution in [1.82, 2.24) is 19.7 Å². The molecule has 1 aliphatic rings. The Morgan fingerprint density at radius 2 is 2.11 bits per heavy atom. The van der Waals surface area contributed by atoms with Gasteiger partial charge in [-0.15, -0.1) is 0 Å². The molecule has 2 aromatic heterocycles. The second kappa shape index (κ2) is 7.90. The van der Waals surface area contributed by atoms with Gasteiger partial charge in [0.15, 0.2) is 5.82 Å². The van der Waals surface area contributed by atoms with Crippen LogP contribution in [0.25, 0.3) is 0 Å². The third kappa shape index (κ3) is 4.93. The van der Waals surface area contributed by atoms with Crippen LogP contribution in [0.5, 0.6) is 0 Å². The van der Waals surface area contributed by atoms with Gasteiger partial charge in [0.25, 0.3) is 0 Å². The second-order valence-electron chi connectivity index (χ2n) is 8.09. The topological polar surface area (TPSA) is 80.1 Å². The SMILES string of the molecule is CC(C)(C)C(=O)N1CCCC(C(=O)Nc2ccn(Cc3cccnc3)n2)C1. The zero-order chi connectivity index (χ0) is 19.4. The van der Waals surface area contributed by atoms with Crippen LogP contribution in [-0.4, -0.2) is 44.6 Å². The van der Waals surface area contributed by atoms with Crippen molar-refractivity contribution < 1.29 is 9.59 Å². The van der Waals surface area contributed by atoms with E-state index in [9.17, 15) is 9.59 Å². The van der Waals surface area contributed by atoms with Crippen molar-refractivity contribution in [2.75, 3.05) is 18.4 Å². The number of likely N-dealkylation sites (tertiary alicyclic amines) is 1. The summed E-state index contributed by atoms with van der Waals surface area (Å²) in [5.41, 5.74) is 0.616. The van der Waals surface area contributed by atoms with Crippen molar-refractivity contribution in [2.45, 2.75) is 40.2 Å². The third-order valence-electron chi connectivity index (χ3n) is 4.68. The van der Waals surface area contributed by atoms with E-state index >= 15 is 0 Å². The maximum atomic E-state index is 12.6. The molecule has 1 fully saturated rings. The molecule has 1 unspecified atom stereocenters. The molecule has 0 aliphatic carbocycles. The van der Waals surface area contributed by atoms with E-state index in [1.54, 1.807) is 23.1 Å². The van der Waals surface area contributed by atoms with Gasteiger partial charge in [-0.05, 0) is 24.5 Å². The van der Waals surface area contributed by atoms with Crippen LogP contribution in [0.2, 0.25) is 0 Å². The Hall–Kier alpha value is -2.70. The standard InChI is InChI=1S/C20H27N5O2/c1-20(2,3)19(27)24-10-5-7-16(14-24)18(26)22-17-8-11-25(23-17)13-15-6-4-9-21-12-15/h4,6,8-9,11-12,16H,5,7,10,13-14H2,1-3H3,(H,22,23,26). The fraction of sp³-hybridized carbons (Fsp3) is 0.500. The van der Waals surface area contributed by atoms with Gasteiger partial charge in [-0.1, -0.05) is 26.8 Å². The summed E-state index contributed by atoms with van der Waals surface area (Å²) in [6, 6.07) is 5.65. The highest BCUT2D eigenvalue weighted by Gasteiger charge is 2.33. The van der Waals surface area contributed by atoms with Crippen LogP contribution in [0.3, 0.4) is 0 Å². The average molecular weight is 369 g/mol. The average Bonchev–Trinajstić information content (AvgIpc) is 3.08. The number of pyridine rings is 1. The van der Waals surface area contributed by atoms with Gasteiger partial charge in [-0.25, -0.2) is 0 Å². The van der Waals surface area contributed by atoms with Gasteiger partial charge < -0.3 is 10.2 Å². The predicted octanol–water partition coefficient (Wildman–Crippen LogP) is 2.55. The fourth-order valence-corrected chi connectivity index (χ4v) is 3.27. The lowest BCUT2D eigenvalue weighted by molar-refractivity contribution is -0.142. The van der Waals surface area contributed by atoms with E-state index in [2.05, 4.69) is 15.4 Å². The number of hydrogen-bond donors (Lipinski definition) is 1. The lowest BCUT2D eigenvalue weighted by Gasteiger charge is -2.35. The van der Waals surface area contributed by atoms with E-state index in [4.69, 9.17) is 0 Å². The molecule has 27 heavy (non-hydrogen) atoms. The van der Waals surface area contributed by atoms with E-state index in [1.807, 2.05) is 44.0 Å². The molecular formula is C20H27N5O2. The summed E-state index contributed by atoms with van der Waals surface area (Å²) in [6.07, 6.45) is 6.99. The zero-order valence-corrected chi connectivity index (χ0v) is 16.2. The molecule has 7 nitrogen and oxygen atoms in total. The fourth-order valence-electron chi connectivity index (χ4n) is 3.27. The number of carbonyl (C=O) groups is 2. The maximum Gasteiger partial charge on any atom is 0.230 e. The van der Waals surface area contributed by atoms with Crippen LogP contribution in [0.15, 0.2) is 36.8 Å². The van der Waals surface area contributed by atoms with Gasteiger partial charge in [-0.2, -0.15) is 5.10 Å². The van der Waals surface area contributed by atoms with Crippen molar-refractivity contribution >= 4 is 17.6 Å². The molecule has 1 aliphatic heterocycles. The summed E-state index contributed by atoms with van der Waals surface area (Å²) in [5.74, 6) is 0.352. The molecule has 144 valence electrons. The summed E-state index contributed by atoms with van der Waals surface area (Å²) >= 11 is 0. The molecule has 3 rings (SSSR count). The van der Waals surface area contributed by atoms with Crippen molar-refractivity contribution in [3.05, 3.63) is 42.4 Å². The number of aromatic nitrogens is 3. The predicted molar refractivity (Wildman–Crippen MR) is 103 cm³/mol. The van der Waals surface area contributed by atoms with Gasteiger partial charge in [0.1, 0.15) is 0 Å². The highest BCUT2D eigenvalue weighted by atomic mass is 16.2. The van der Waals surface area contributed by atoms with Gasteiger partial charge in [0.05, 0.1) is 12.5 Å². The summed E-state index contributed by atoms with van der Waals surface area (Å²) in [4.78, 5) is 31.0. The van der Waals surface area contributed by atoms with E-state index in [0.29, 0.717) is 18.9 Å². The van der Waals surface area contributed by atoms with Crippen LogP contribution < -0.4 is 5.32 Å². The zero-order valence-electron chi connectivity index (χ0n) is 16.2. The quantitative estimate of drug-likeness (QED) is 0.898. The van der Waals surface area contributed by atoms with Crippen LogP contribution >= 0.6 is 0 Å². The lowest BCUT2D eigenvalue weighted by Crippen LogP contribution is -2.47. The number of piperidine rings is 1. The minimum Gasteiger partial charge on any atom is -0.341 e. The number of nitrogens with zero attached hydrogens (tertiary/aromatic N) is 4. The molecule has 0 saturated carbocycles. The Bertz CT molecular complexity index is 794. The molecule has 1 N–H and O–H groups in total. The minimum atomic E-state index is -0.427. The number of amides is 2. The van der Waals surface area contributed by atoms with Crippen LogP contribution in [0.1, 0.15) is 39.2 Å². The van der Waals surface area contributed by atoms with Crippen molar-refractivity contribution in [3.63, 3.8) is 0 Å². The van der Waals surface area contributed by atoms with Crippen molar-refractivity contribution in [1.29, 1.82) is 0 Å². The molecular weight excluding hydrogens is 342 g/mol. The molecule has 1 atom stereocenters. The summed E-state index contributed by atoms with van der Waals surface area (Å²) in [7, 11) is 0. The summed E-state index contributed by atoms with van der Waals surface area (Å²) < 4.78 is 1.77. The summed E-state index contributed by atoms with van der Waals surface area (Å²) in [6.45, 7) is 7.52. The van der Waals surface area contributed by atoms with Crippen LogP contribution in [0, 0.1) is 11.3 Å². The number of rotatable bonds is 4. The molecule has 7 heteroatoms. The molecule has 0 aromatic carbocycles. The number of carbonyl (C=O) groups excluding carboxylic acids is 2. The van der Waals surface area contributed by atoms with E-state index in [-0.39, 0.29) is 17.7 Å². The normalized spacial score (nSPS) is 17.6. The Morgan fingerprint density at radius 3 is 2.81 bits per heavy atom. The second-order valence-corrected chi connectivity index (χ2v) is 8.09. The maximum absolute atomic E-state index is 12.6. The minimum absolute atomic E-state index is 0.0759. The first-order valence-electron chi connectivity index (χ1n) is 9.35. The molecule has 0 radical (unpaired) electrons. The first-order valence-corrected chi connectivity index (χ1v) is 9.35. The Labute approximate surface area is 159 Å². The lowest BCUT2D eigenvalue weighted by atomic mass is 9.91. The largest absolute Gasteiger partial charge is 0.341 e. The van der Waals surface area contributed by atoms with E-state index < -0.39 is 5.41 Å².